The number of hydrogen-bond acceptors (Lipinski definition) is 3. The Morgan fingerprint density at radius 3 is 2.21 bits per heavy atom. The highest BCUT2D eigenvalue weighted by Crippen LogP contribution is 2.28. The summed E-state index contributed by atoms with van der Waals surface area (Å²) in [7, 11) is 0. The minimum absolute atomic E-state index is 0.141. The zero-order valence-corrected chi connectivity index (χ0v) is 19.6. The largest absolute Gasteiger partial charge is 0.393 e. The lowest BCUT2D eigenvalue weighted by molar-refractivity contribution is -0.119. The average molecular weight is 409 g/mol. The molecule has 2 atom stereocenters. The van der Waals surface area contributed by atoms with Crippen molar-refractivity contribution in [1.82, 2.24) is 0 Å². The maximum absolute atomic E-state index is 12.2. The first-order chi connectivity index (χ1) is 13.9. The number of Topliss-reactive ketones (excluding diaryl/α,β-unsaturated/α-hetero) is 1. The smallest absolute Gasteiger partial charge is 0.133 e. The van der Waals surface area contributed by atoms with Crippen molar-refractivity contribution in [2.75, 3.05) is 0 Å². The van der Waals surface area contributed by atoms with E-state index in [4.69, 9.17) is 0 Å². The predicted molar refractivity (Wildman–Crippen MR) is 123 cm³/mol. The zero-order chi connectivity index (χ0) is 21.5. The normalized spacial score (nSPS) is 18.4. The van der Waals surface area contributed by atoms with Gasteiger partial charge in [0.1, 0.15) is 5.78 Å². The molecule has 0 heterocycles. The molecule has 1 rings (SSSR count). The highest BCUT2D eigenvalue weighted by Gasteiger charge is 2.17. The second-order valence-corrected chi connectivity index (χ2v) is 9.59. The van der Waals surface area contributed by atoms with E-state index in [9.17, 15) is 15.0 Å². The topological polar surface area (TPSA) is 57.5 Å². The first kappa shape index (κ1) is 26.4. The predicted octanol–water partition coefficient (Wildman–Crippen LogP) is 6.90. The van der Waals surface area contributed by atoms with E-state index in [2.05, 4.69) is 20.8 Å². The minimum Gasteiger partial charge on any atom is -0.393 e. The second-order valence-electron chi connectivity index (χ2n) is 9.59. The van der Waals surface area contributed by atoms with Crippen LogP contribution in [0.3, 0.4) is 0 Å². The summed E-state index contributed by atoms with van der Waals surface area (Å²) in [6.45, 7) is 6.34. The van der Waals surface area contributed by atoms with Crippen molar-refractivity contribution in [3.05, 3.63) is 11.1 Å². The number of unbranched alkanes of at least 4 members (excludes halogenated alkanes) is 3. The molecule has 1 fully saturated rings. The van der Waals surface area contributed by atoms with Crippen LogP contribution < -0.4 is 0 Å². The van der Waals surface area contributed by atoms with E-state index in [0.717, 1.165) is 70.1 Å². The molecular weight excluding hydrogens is 360 g/mol. The summed E-state index contributed by atoms with van der Waals surface area (Å²) in [5, 5.41) is 20.3. The molecule has 29 heavy (non-hydrogen) atoms. The maximum Gasteiger partial charge on any atom is 0.133 e. The van der Waals surface area contributed by atoms with E-state index >= 15 is 0 Å². The zero-order valence-electron chi connectivity index (χ0n) is 19.6. The SMILES string of the molecule is CCCCC(O)CC(C)=C(C)CCC(=O)CCCCCC(O)CC1CCCCC1. The third-order valence-corrected chi connectivity index (χ3v) is 6.76. The monoisotopic (exact) mass is 408 g/mol. The van der Waals surface area contributed by atoms with Gasteiger partial charge in [0.05, 0.1) is 12.2 Å². The molecule has 2 unspecified atom stereocenters. The van der Waals surface area contributed by atoms with Crippen molar-refractivity contribution in [2.24, 2.45) is 5.92 Å². The van der Waals surface area contributed by atoms with Gasteiger partial charge in [-0.05, 0) is 58.3 Å². The Kier molecular flexibility index (Phi) is 14.6. The third-order valence-electron chi connectivity index (χ3n) is 6.76. The number of carbonyl (C=O) groups excluding carboxylic acids is 1. The van der Waals surface area contributed by atoms with Gasteiger partial charge < -0.3 is 10.2 Å². The fourth-order valence-corrected chi connectivity index (χ4v) is 4.54. The lowest BCUT2D eigenvalue weighted by Gasteiger charge is -2.23. The van der Waals surface area contributed by atoms with Crippen LogP contribution in [0.25, 0.3) is 0 Å². The Labute approximate surface area is 180 Å². The van der Waals surface area contributed by atoms with Gasteiger partial charge in [0.15, 0.2) is 0 Å². The van der Waals surface area contributed by atoms with Gasteiger partial charge in [-0.25, -0.2) is 0 Å². The molecule has 1 saturated carbocycles. The lowest BCUT2D eigenvalue weighted by Crippen LogP contribution is -2.16. The fourth-order valence-electron chi connectivity index (χ4n) is 4.54. The molecule has 2 N–H and O–H groups in total. The molecule has 0 bridgehead atoms. The quantitative estimate of drug-likeness (QED) is 0.216. The Morgan fingerprint density at radius 2 is 1.52 bits per heavy atom. The van der Waals surface area contributed by atoms with Gasteiger partial charge in [-0.3, -0.25) is 4.79 Å². The summed E-state index contributed by atoms with van der Waals surface area (Å²) in [6, 6.07) is 0. The number of hydrogen-bond donors (Lipinski definition) is 2. The van der Waals surface area contributed by atoms with Crippen LogP contribution in [0.2, 0.25) is 0 Å². The summed E-state index contributed by atoms with van der Waals surface area (Å²) < 4.78 is 0. The molecule has 0 aromatic heterocycles. The number of allylic oxidation sites excluding steroid dienone is 1. The van der Waals surface area contributed by atoms with Gasteiger partial charge in [-0.1, -0.05) is 75.9 Å². The van der Waals surface area contributed by atoms with Crippen LogP contribution in [0, 0.1) is 5.92 Å². The van der Waals surface area contributed by atoms with E-state index in [1.54, 1.807) is 0 Å². The van der Waals surface area contributed by atoms with Crippen molar-refractivity contribution < 1.29 is 15.0 Å². The number of aliphatic hydroxyl groups is 2. The van der Waals surface area contributed by atoms with Crippen LogP contribution in [0.15, 0.2) is 11.1 Å². The Hall–Kier alpha value is -0.670. The average Bonchev–Trinajstić information content (AvgIpc) is 2.70. The van der Waals surface area contributed by atoms with E-state index in [0.29, 0.717) is 18.6 Å². The summed E-state index contributed by atoms with van der Waals surface area (Å²) >= 11 is 0. The minimum atomic E-state index is -0.242. The molecule has 3 heteroatoms. The molecule has 0 aromatic rings. The first-order valence-corrected chi connectivity index (χ1v) is 12.4. The van der Waals surface area contributed by atoms with Crippen LogP contribution in [0.4, 0.5) is 0 Å². The molecule has 3 nitrogen and oxygen atoms in total. The van der Waals surface area contributed by atoms with Gasteiger partial charge in [0, 0.05) is 12.8 Å². The van der Waals surface area contributed by atoms with Crippen molar-refractivity contribution >= 4 is 5.78 Å². The van der Waals surface area contributed by atoms with E-state index in [-0.39, 0.29) is 12.2 Å². The molecule has 0 saturated heterocycles. The molecule has 0 aliphatic heterocycles. The molecule has 0 aromatic carbocycles. The molecule has 0 radical (unpaired) electrons. The van der Waals surface area contributed by atoms with E-state index in [1.165, 1.54) is 43.3 Å². The van der Waals surface area contributed by atoms with Crippen LogP contribution in [-0.2, 0) is 4.79 Å². The molecule has 0 amide bonds. The molecule has 1 aliphatic rings. The van der Waals surface area contributed by atoms with E-state index in [1.807, 2.05) is 0 Å². The van der Waals surface area contributed by atoms with Gasteiger partial charge in [0.25, 0.3) is 0 Å². The maximum atomic E-state index is 12.2. The van der Waals surface area contributed by atoms with E-state index < -0.39 is 0 Å². The Bertz CT molecular complexity index is 463. The lowest BCUT2D eigenvalue weighted by atomic mass is 9.84. The standard InChI is InChI=1S/C26H48O3/c1-4-5-14-25(28)19-22(3)21(2)17-18-24(27)15-10-7-11-16-26(29)20-23-12-8-6-9-13-23/h23,25-26,28-29H,4-20H2,1-3H3. The van der Waals surface area contributed by atoms with Crippen LogP contribution >= 0.6 is 0 Å². The second kappa shape index (κ2) is 16.1. The van der Waals surface area contributed by atoms with Crippen molar-refractivity contribution in [1.29, 1.82) is 0 Å². The fraction of sp³-hybridized carbons (Fsp3) is 0.885. The molecular formula is C26H48O3. The van der Waals surface area contributed by atoms with Gasteiger partial charge >= 0.3 is 0 Å². The van der Waals surface area contributed by atoms with Gasteiger partial charge in [0.2, 0.25) is 0 Å². The highest BCUT2D eigenvalue weighted by atomic mass is 16.3. The number of ketones is 1. The molecule has 1 aliphatic carbocycles. The number of rotatable bonds is 16. The summed E-state index contributed by atoms with van der Waals surface area (Å²) in [5.74, 6) is 1.10. The van der Waals surface area contributed by atoms with Crippen LogP contribution in [0.1, 0.15) is 130 Å². The molecule has 0 spiro atoms. The van der Waals surface area contributed by atoms with Crippen LogP contribution in [0.5, 0.6) is 0 Å². The molecule has 170 valence electrons. The number of aliphatic hydroxyl groups excluding tert-OH is 2. The number of carbonyl (C=O) groups is 1. The Morgan fingerprint density at radius 1 is 0.828 bits per heavy atom. The summed E-state index contributed by atoms with van der Waals surface area (Å²) in [4.78, 5) is 12.2. The Balaban J connectivity index is 2.08. The first-order valence-electron chi connectivity index (χ1n) is 12.4. The van der Waals surface area contributed by atoms with Crippen LogP contribution in [-0.4, -0.2) is 28.2 Å². The van der Waals surface area contributed by atoms with Gasteiger partial charge in [-0.15, -0.1) is 0 Å². The third kappa shape index (κ3) is 13.3. The van der Waals surface area contributed by atoms with Gasteiger partial charge in [-0.2, -0.15) is 0 Å². The highest BCUT2D eigenvalue weighted by molar-refractivity contribution is 5.78. The van der Waals surface area contributed by atoms with Crippen molar-refractivity contribution in [3.63, 3.8) is 0 Å². The van der Waals surface area contributed by atoms with Crippen molar-refractivity contribution in [3.8, 4) is 0 Å². The summed E-state index contributed by atoms with van der Waals surface area (Å²) in [6.07, 6.45) is 17.1. The van der Waals surface area contributed by atoms with Crippen molar-refractivity contribution in [2.45, 2.75) is 142 Å². The summed E-state index contributed by atoms with van der Waals surface area (Å²) in [5.41, 5.74) is 2.51.